The molecule has 5 heteroatoms. The van der Waals surface area contributed by atoms with Gasteiger partial charge < -0.3 is 0 Å². The van der Waals surface area contributed by atoms with Crippen molar-refractivity contribution in [3.8, 4) is 0 Å². The van der Waals surface area contributed by atoms with Gasteiger partial charge in [0.05, 0.1) is 5.41 Å². The fourth-order valence-electron chi connectivity index (χ4n) is 3.14. The number of Topliss-reactive ketones (excluding diaryl/α,β-unsaturated/α-hetero) is 1. The molecule has 1 aromatic heterocycles. The molecule has 0 saturated heterocycles. The summed E-state index contributed by atoms with van der Waals surface area (Å²) in [4.78, 5) is 17.0. The Bertz CT molecular complexity index is 997. The van der Waals surface area contributed by atoms with Crippen LogP contribution in [-0.2, 0) is 17.6 Å². The van der Waals surface area contributed by atoms with Gasteiger partial charge in [0, 0.05) is 18.0 Å². The lowest BCUT2D eigenvalue weighted by molar-refractivity contribution is -0.125. The minimum absolute atomic E-state index is 0.0629. The van der Waals surface area contributed by atoms with Gasteiger partial charge in [-0.3, -0.25) is 9.78 Å². The average Bonchev–Trinajstić information content (AvgIpc) is 2.62. The van der Waals surface area contributed by atoms with Crippen molar-refractivity contribution in [2.75, 3.05) is 0 Å². The number of para-hydroxylation sites is 1. The van der Waals surface area contributed by atoms with E-state index in [1.54, 1.807) is 42.5 Å². The van der Waals surface area contributed by atoms with Crippen LogP contribution in [-0.4, -0.2) is 10.8 Å². The Morgan fingerprint density at radius 3 is 2.52 bits per heavy atom. The summed E-state index contributed by atoms with van der Waals surface area (Å²) < 4.78 is 39.8. The lowest BCUT2D eigenvalue weighted by atomic mass is 9.77. The second kappa shape index (κ2) is 7.74. The Hall–Kier alpha value is -2.95. The summed E-state index contributed by atoms with van der Waals surface area (Å²) in [6.07, 6.45) is 0.352. The second-order valence-corrected chi connectivity index (χ2v) is 6.77. The van der Waals surface area contributed by atoms with E-state index in [0.717, 1.165) is 11.6 Å². The van der Waals surface area contributed by atoms with Gasteiger partial charge in [0.2, 0.25) is 0 Å². The smallest absolute Gasteiger partial charge is 0.267 e. The van der Waals surface area contributed by atoms with Gasteiger partial charge in [0.1, 0.15) is 17.1 Å². The first-order chi connectivity index (χ1) is 12.9. The van der Waals surface area contributed by atoms with Gasteiger partial charge in [-0.25, -0.2) is 4.39 Å². The zero-order valence-corrected chi connectivity index (χ0v) is 14.8. The van der Waals surface area contributed by atoms with E-state index in [-0.39, 0.29) is 24.1 Å². The number of rotatable bonds is 6. The highest BCUT2D eigenvalue weighted by molar-refractivity contribution is 5.89. The lowest BCUT2D eigenvalue weighted by Crippen LogP contribution is -2.30. The molecular weight excluding hydrogens is 351 g/mol. The number of fused-ring (bicyclic) bond motifs is 1. The predicted molar refractivity (Wildman–Crippen MR) is 99.0 cm³/mol. The maximum absolute atomic E-state index is 13.7. The van der Waals surface area contributed by atoms with Crippen LogP contribution in [0.3, 0.4) is 0 Å². The summed E-state index contributed by atoms with van der Waals surface area (Å²) in [5.74, 6) is -0.793. The van der Waals surface area contributed by atoms with Gasteiger partial charge in [-0.05, 0) is 42.7 Å². The Balaban J connectivity index is 1.89. The van der Waals surface area contributed by atoms with Crippen LogP contribution >= 0.6 is 0 Å². The highest BCUT2D eigenvalue weighted by Gasteiger charge is 2.32. The average molecular weight is 369 g/mol. The molecular formula is C22H18F3NO. The first-order valence-electron chi connectivity index (χ1n) is 8.52. The maximum Gasteiger partial charge on any atom is 0.267 e. The Kier molecular flexibility index (Phi) is 5.40. The van der Waals surface area contributed by atoms with Gasteiger partial charge in [-0.2, -0.15) is 8.78 Å². The Morgan fingerprint density at radius 2 is 1.81 bits per heavy atom. The number of halogens is 3. The molecule has 1 atom stereocenters. The number of carbonyl (C=O) groups is 1. The van der Waals surface area contributed by atoms with Crippen molar-refractivity contribution in [1.29, 1.82) is 0 Å². The van der Waals surface area contributed by atoms with Crippen molar-refractivity contribution in [3.05, 3.63) is 89.9 Å². The molecule has 138 valence electrons. The van der Waals surface area contributed by atoms with Crippen LogP contribution in [0.25, 0.3) is 10.9 Å². The summed E-state index contributed by atoms with van der Waals surface area (Å²) in [7, 11) is 0. The van der Waals surface area contributed by atoms with Crippen molar-refractivity contribution < 1.29 is 18.0 Å². The van der Waals surface area contributed by atoms with E-state index in [0.29, 0.717) is 10.9 Å². The van der Waals surface area contributed by atoms with Crippen molar-refractivity contribution in [1.82, 2.24) is 4.98 Å². The maximum atomic E-state index is 13.7. The number of hydrogen-bond donors (Lipinski definition) is 0. The van der Waals surface area contributed by atoms with E-state index >= 15 is 0 Å². The summed E-state index contributed by atoms with van der Waals surface area (Å²) in [5.41, 5.74) is 0.224. The van der Waals surface area contributed by atoms with E-state index in [1.807, 2.05) is 6.07 Å². The molecule has 0 spiro atoms. The molecule has 0 aliphatic rings. The van der Waals surface area contributed by atoms with Crippen LogP contribution in [0.5, 0.6) is 0 Å². The molecule has 2 nitrogen and oxygen atoms in total. The SMILES string of the molecule is CC(C=C(F)F)(Cc1ccccc1)C(=O)Cc1cnc2c(F)cccc2c1. The topological polar surface area (TPSA) is 30.0 Å². The zero-order chi connectivity index (χ0) is 19.4. The third kappa shape index (κ3) is 4.42. The first-order valence-corrected chi connectivity index (χ1v) is 8.52. The molecule has 1 heterocycles. The number of allylic oxidation sites excluding steroid dienone is 1. The van der Waals surface area contributed by atoms with E-state index in [2.05, 4.69) is 4.98 Å². The molecule has 1 unspecified atom stereocenters. The quantitative estimate of drug-likeness (QED) is 0.573. The summed E-state index contributed by atoms with van der Waals surface area (Å²) in [5, 5.41) is 0.567. The van der Waals surface area contributed by atoms with E-state index < -0.39 is 17.3 Å². The fraction of sp³-hybridized carbons (Fsp3) is 0.182. The molecule has 3 rings (SSSR count). The Labute approximate surface area is 155 Å². The van der Waals surface area contributed by atoms with Gasteiger partial charge in [0.15, 0.2) is 0 Å². The predicted octanol–water partition coefficient (Wildman–Crippen LogP) is 5.51. The number of nitrogens with zero attached hydrogens (tertiary/aromatic N) is 1. The third-order valence-corrected chi connectivity index (χ3v) is 4.56. The first kappa shape index (κ1) is 18.8. The van der Waals surface area contributed by atoms with Crippen LogP contribution in [0.15, 0.2) is 73.0 Å². The number of hydrogen-bond acceptors (Lipinski definition) is 2. The molecule has 3 aromatic rings. The number of pyridine rings is 1. The monoisotopic (exact) mass is 369 g/mol. The number of aromatic nitrogens is 1. The molecule has 0 fully saturated rings. The normalized spacial score (nSPS) is 13.2. The molecule has 2 aromatic carbocycles. The molecule has 0 bridgehead atoms. The van der Waals surface area contributed by atoms with Gasteiger partial charge in [-0.1, -0.05) is 42.5 Å². The van der Waals surface area contributed by atoms with Crippen molar-refractivity contribution in [2.45, 2.75) is 19.8 Å². The fourth-order valence-corrected chi connectivity index (χ4v) is 3.14. The molecule has 0 aliphatic heterocycles. The summed E-state index contributed by atoms with van der Waals surface area (Å²) in [6, 6.07) is 15.3. The number of benzene rings is 2. The molecule has 0 aliphatic carbocycles. The third-order valence-electron chi connectivity index (χ3n) is 4.56. The summed E-state index contributed by atoms with van der Waals surface area (Å²) in [6.45, 7) is 1.51. The van der Waals surface area contributed by atoms with Crippen LogP contribution in [0.4, 0.5) is 13.2 Å². The van der Waals surface area contributed by atoms with E-state index in [4.69, 9.17) is 0 Å². The minimum Gasteiger partial charge on any atom is -0.298 e. The number of ketones is 1. The molecule has 0 N–H and O–H groups in total. The second-order valence-electron chi connectivity index (χ2n) is 6.77. The highest BCUT2D eigenvalue weighted by atomic mass is 19.3. The van der Waals surface area contributed by atoms with Gasteiger partial charge in [0.25, 0.3) is 6.08 Å². The number of carbonyl (C=O) groups excluding carboxylic acids is 1. The molecule has 0 amide bonds. The lowest BCUT2D eigenvalue weighted by Gasteiger charge is -2.24. The minimum atomic E-state index is -1.89. The molecule has 27 heavy (non-hydrogen) atoms. The van der Waals surface area contributed by atoms with E-state index in [9.17, 15) is 18.0 Å². The van der Waals surface area contributed by atoms with Crippen LogP contribution in [0, 0.1) is 11.2 Å². The van der Waals surface area contributed by atoms with Gasteiger partial charge in [-0.15, -0.1) is 0 Å². The van der Waals surface area contributed by atoms with Crippen LogP contribution in [0.2, 0.25) is 0 Å². The highest BCUT2D eigenvalue weighted by Crippen LogP contribution is 2.30. The summed E-state index contributed by atoms with van der Waals surface area (Å²) >= 11 is 0. The largest absolute Gasteiger partial charge is 0.298 e. The van der Waals surface area contributed by atoms with Gasteiger partial charge >= 0.3 is 0 Å². The van der Waals surface area contributed by atoms with Crippen molar-refractivity contribution in [3.63, 3.8) is 0 Å². The van der Waals surface area contributed by atoms with Crippen molar-refractivity contribution in [2.24, 2.45) is 5.41 Å². The van der Waals surface area contributed by atoms with Crippen molar-refractivity contribution >= 4 is 16.7 Å². The molecule has 0 saturated carbocycles. The van der Waals surface area contributed by atoms with E-state index in [1.165, 1.54) is 19.2 Å². The standard InChI is InChI=1S/C22H18F3NO/c1-22(13-20(24)25,12-15-6-3-2-4-7-15)19(27)11-16-10-17-8-5-9-18(23)21(17)26-14-16/h2-10,13-14H,11-12H2,1H3. The Morgan fingerprint density at radius 1 is 1.07 bits per heavy atom. The zero-order valence-electron chi connectivity index (χ0n) is 14.8. The molecule has 0 radical (unpaired) electrons. The van der Waals surface area contributed by atoms with Crippen LogP contribution in [0.1, 0.15) is 18.1 Å². The van der Waals surface area contributed by atoms with Crippen LogP contribution < -0.4 is 0 Å².